The molecular weight excluding hydrogens is 372 g/mol. The van der Waals surface area contributed by atoms with Crippen molar-refractivity contribution in [2.24, 2.45) is 0 Å². The van der Waals surface area contributed by atoms with Crippen LogP contribution in [-0.2, 0) is 4.79 Å². The highest BCUT2D eigenvalue weighted by Gasteiger charge is 2.21. The first kappa shape index (κ1) is 18.3. The summed E-state index contributed by atoms with van der Waals surface area (Å²) in [5.41, 5.74) is 0.422. The SMILES string of the molecule is O=C(O)CC(NC(=O)c1ccn(-c2cccc([N+](=O)[O-])c2)n1)c1cccs1. The van der Waals surface area contributed by atoms with E-state index in [4.69, 9.17) is 5.11 Å². The number of hydrogen-bond acceptors (Lipinski definition) is 6. The van der Waals surface area contributed by atoms with Gasteiger partial charge in [0.05, 0.1) is 23.1 Å². The molecule has 3 rings (SSSR count). The first-order chi connectivity index (χ1) is 12.9. The summed E-state index contributed by atoms with van der Waals surface area (Å²) >= 11 is 1.35. The molecule has 0 radical (unpaired) electrons. The molecular formula is C17H14N4O5S. The second kappa shape index (κ2) is 7.79. The Labute approximate surface area is 157 Å². The molecule has 2 aromatic heterocycles. The van der Waals surface area contributed by atoms with Crippen LogP contribution < -0.4 is 5.32 Å². The minimum atomic E-state index is -1.03. The molecule has 1 atom stereocenters. The number of aliphatic carboxylic acids is 1. The summed E-state index contributed by atoms with van der Waals surface area (Å²) in [7, 11) is 0. The van der Waals surface area contributed by atoms with E-state index >= 15 is 0 Å². The van der Waals surface area contributed by atoms with Gasteiger partial charge in [0.1, 0.15) is 0 Å². The third-order valence-electron chi connectivity index (χ3n) is 3.70. The number of nitro benzene ring substituents is 1. The van der Waals surface area contributed by atoms with Crippen LogP contribution in [0.15, 0.2) is 54.0 Å². The van der Waals surface area contributed by atoms with Gasteiger partial charge in [0.15, 0.2) is 5.69 Å². The van der Waals surface area contributed by atoms with Crippen molar-refractivity contribution < 1.29 is 19.6 Å². The molecule has 0 saturated carbocycles. The molecule has 1 unspecified atom stereocenters. The first-order valence-corrected chi connectivity index (χ1v) is 8.68. The molecule has 3 aromatic rings. The van der Waals surface area contributed by atoms with Crippen LogP contribution in [0.2, 0.25) is 0 Å². The van der Waals surface area contributed by atoms with Gasteiger partial charge in [-0.3, -0.25) is 19.7 Å². The lowest BCUT2D eigenvalue weighted by Gasteiger charge is -2.14. The molecule has 0 bridgehead atoms. The number of rotatable bonds is 7. The van der Waals surface area contributed by atoms with Gasteiger partial charge in [-0.05, 0) is 23.6 Å². The number of carboxylic acid groups (broad SMARTS) is 1. The van der Waals surface area contributed by atoms with Crippen molar-refractivity contribution in [3.63, 3.8) is 0 Å². The molecule has 2 N–H and O–H groups in total. The Bertz CT molecular complexity index is 983. The van der Waals surface area contributed by atoms with Gasteiger partial charge in [-0.15, -0.1) is 11.3 Å². The maximum atomic E-state index is 12.5. The first-order valence-electron chi connectivity index (χ1n) is 7.80. The van der Waals surface area contributed by atoms with Gasteiger partial charge in [0.25, 0.3) is 11.6 Å². The van der Waals surface area contributed by atoms with Crippen molar-refractivity contribution in [3.8, 4) is 5.69 Å². The average molecular weight is 386 g/mol. The van der Waals surface area contributed by atoms with E-state index in [2.05, 4.69) is 10.4 Å². The van der Waals surface area contributed by atoms with Crippen molar-refractivity contribution >= 4 is 28.9 Å². The van der Waals surface area contributed by atoms with Gasteiger partial charge in [0, 0.05) is 23.2 Å². The van der Waals surface area contributed by atoms with Gasteiger partial charge >= 0.3 is 5.97 Å². The molecule has 0 saturated heterocycles. The van der Waals surface area contributed by atoms with E-state index in [1.807, 2.05) is 0 Å². The highest BCUT2D eigenvalue weighted by molar-refractivity contribution is 7.10. The molecule has 27 heavy (non-hydrogen) atoms. The van der Waals surface area contributed by atoms with E-state index < -0.39 is 22.8 Å². The van der Waals surface area contributed by atoms with Crippen LogP contribution in [0.25, 0.3) is 5.69 Å². The summed E-state index contributed by atoms with van der Waals surface area (Å²) in [6.07, 6.45) is 1.25. The molecule has 1 amide bonds. The molecule has 10 heteroatoms. The van der Waals surface area contributed by atoms with E-state index in [9.17, 15) is 19.7 Å². The lowest BCUT2D eigenvalue weighted by Crippen LogP contribution is -2.30. The number of nitrogens with one attached hydrogen (secondary N) is 1. The van der Waals surface area contributed by atoms with Crippen LogP contribution in [0.3, 0.4) is 0 Å². The minimum absolute atomic E-state index is 0.0773. The average Bonchev–Trinajstić information content (AvgIpc) is 3.33. The minimum Gasteiger partial charge on any atom is -0.481 e. The van der Waals surface area contributed by atoms with Gasteiger partial charge in [-0.2, -0.15) is 5.10 Å². The Morgan fingerprint density at radius 2 is 2.11 bits per heavy atom. The summed E-state index contributed by atoms with van der Waals surface area (Å²) in [6, 6.07) is 10.2. The summed E-state index contributed by atoms with van der Waals surface area (Å²) in [5, 5.41) is 28.6. The maximum Gasteiger partial charge on any atom is 0.305 e. The molecule has 138 valence electrons. The number of nitro groups is 1. The van der Waals surface area contributed by atoms with Gasteiger partial charge in [-0.25, -0.2) is 4.68 Å². The summed E-state index contributed by atoms with van der Waals surface area (Å²) in [6.45, 7) is 0. The van der Waals surface area contributed by atoms with Crippen molar-refractivity contribution in [2.45, 2.75) is 12.5 Å². The molecule has 0 aliphatic carbocycles. The topological polar surface area (TPSA) is 127 Å². The Kier molecular flexibility index (Phi) is 5.27. The molecule has 9 nitrogen and oxygen atoms in total. The predicted octanol–water partition coefficient (Wildman–Crippen LogP) is 2.79. The fraction of sp³-hybridized carbons (Fsp3) is 0.118. The summed E-state index contributed by atoms with van der Waals surface area (Å²) in [4.78, 5) is 34.6. The normalized spacial score (nSPS) is 11.7. The molecule has 0 fully saturated rings. The summed E-state index contributed by atoms with van der Waals surface area (Å²) < 4.78 is 1.35. The Morgan fingerprint density at radius 1 is 1.30 bits per heavy atom. The van der Waals surface area contributed by atoms with E-state index in [-0.39, 0.29) is 17.8 Å². The van der Waals surface area contributed by atoms with Gasteiger partial charge < -0.3 is 10.4 Å². The smallest absolute Gasteiger partial charge is 0.305 e. The van der Waals surface area contributed by atoms with Crippen molar-refractivity contribution in [3.05, 3.63) is 74.7 Å². The Morgan fingerprint density at radius 3 is 2.78 bits per heavy atom. The highest BCUT2D eigenvalue weighted by atomic mass is 32.1. The van der Waals surface area contributed by atoms with E-state index in [0.29, 0.717) is 5.69 Å². The lowest BCUT2D eigenvalue weighted by molar-refractivity contribution is -0.384. The second-order valence-electron chi connectivity index (χ2n) is 5.56. The Balaban J connectivity index is 1.79. The molecule has 0 aliphatic heterocycles. The van der Waals surface area contributed by atoms with Crippen molar-refractivity contribution in [2.75, 3.05) is 0 Å². The maximum absolute atomic E-state index is 12.5. The van der Waals surface area contributed by atoms with Gasteiger partial charge in [0.2, 0.25) is 0 Å². The Hall–Kier alpha value is -3.53. The van der Waals surface area contributed by atoms with Crippen LogP contribution >= 0.6 is 11.3 Å². The van der Waals surface area contributed by atoms with Crippen LogP contribution in [-0.4, -0.2) is 31.7 Å². The fourth-order valence-electron chi connectivity index (χ4n) is 2.46. The lowest BCUT2D eigenvalue weighted by atomic mass is 10.1. The number of thiophene rings is 1. The number of carboxylic acids is 1. The van der Waals surface area contributed by atoms with Gasteiger partial charge in [-0.1, -0.05) is 12.1 Å². The third-order valence-corrected chi connectivity index (χ3v) is 4.68. The quantitative estimate of drug-likeness (QED) is 0.475. The van der Waals surface area contributed by atoms with Crippen molar-refractivity contribution in [1.82, 2.24) is 15.1 Å². The third kappa shape index (κ3) is 4.36. The number of aromatic nitrogens is 2. The van der Waals surface area contributed by atoms with E-state index in [1.54, 1.807) is 23.6 Å². The molecule has 0 aliphatic rings. The number of non-ortho nitro benzene ring substituents is 1. The van der Waals surface area contributed by atoms with Crippen LogP contribution in [0.4, 0.5) is 5.69 Å². The number of nitrogens with zero attached hydrogens (tertiary/aromatic N) is 3. The second-order valence-corrected chi connectivity index (χ2v) is 6.54. The number of benzene rings is 1. The number of carbonyl (C=O) groups excluding carboxylic acids is 1. The van der Waals surface area contributed by atoms with Crippen LogP contribution in [0.5, 0.6) is 0 Å². The fourth-order valence-corrected chi connectivity index (χ4v) is 3.23. The standard InChI is InChI=1S/C17H14N4O5S/c22-16(23)10-14(15-5-2-8-27-15)18-17(24)13-6-7-20(19-13)11-3-1-4-12(9-11)21(25)26/h1-9,14H,10H2,(H,18,24)(H,22,23). The highest BCUT2D eigenvalue weighted by Crippen LogP contribution is 2.22. The van der Waals surface area contributed by atoms with E-state index in [1.165, 1.54) is 46.5 Å². The number of carbonyl (C=O) groups is 2. The zero-order chi connectivity index (χ0) is 19.4. The zero-order valence-corrected chi connectivity index (χ0v) is 14.6. The van der Waals surface area contributed by atoms with Crippen LogP contribution in [0, 0.1) is 10.1 Å². The molecule has 0 spiro atoms. The summed E-state index contributed by atoms with van der Waals surface area (Å²) in [5.74, 6) is -1.56. The van der Waals surface area contributed by atoms with Crippen LogP contribution in [0.1, 0.15) is 27.8 Å². The van der Waals surface area contributed by atoms with Crippen molar-refractivity contribution in [1.29, 1.82) is 0 Å². The zero-order valence-electron chi connectivity index (χ0n) is 13.8. The predicted molar refractivity (Wildman–Crippen MR) is 97.0 cm³/mol. The number of hydrogen-bond donors (Lipinski definition) is 2. The largest absolute Gasteiger partial charge is 0.481 e. The monoisotopic (exact) mass is 386 g/mol. The molecule has 2 heterocycles. The van der Waals surface area contributed by atoms with E-state index in [0.717, 1.165) is 4.88 Å². The molecule has 1 aromatic carbocycles. The number of amides is 1.